The molecule has 2 aromatic rings. The molecule has 0 spiro atoms. The quantitative estimate of drug-likeness (QED) is 0.302. The molecule has 0 unspecified atom stereocenters. The summed E-state index contributed by atoms with van der Waals surface area (Å²) in [6.45, 7) is 13.5. The van der Waals surface area contributed by atoms with Crippen LogP contribution in [0.5, 0.6) is 0 Å². The average Bonchev–Trinajstić information content (AvgIpc) is 3.25. The number of hydrogen-bond acceptors (Lipinski definition) is 3. The first-order valence-electron chi connectivity index (χ1n) is 12.9. The van der Waals surface area contributed by atoms with Crippen LogP contribution in [0.3, 0.4) is 0 Å². The predicted molar refractivity (Wildman–Crippen MR) is 149 cm³/mol. The maximum atomic E-state index is 13.5. The summed E-state index contributed by atoms with van der Waals surface area (Å²) in [4.78, 5) is 30.0. The molecule has 3 amide bonds. The minimum atomic E-state index is -0.381. The molecule has 0 radical (unpaired) electrons. The second kappa shape index (κ2) is 15.1. The molecule has 1 aromatic carbocycles. The summed E-state index contributed by atoms with van der Waals surface area (Å²) in [5.41, 5.74) is 1.89. The summed E-state index contributed by atoms with van der Waals surface area (Å²) in [5.74, 6) is -0.0414. The van der Waals surface area contributed by atoms with Crippen LogP contribution in [0, 0.1) is 0 Å². The number of benzene rings is 1. The Hall–Kier alpha value is -2.32. The van der Waals surface area contributed by atoms with Crippen molar-refractivity contribution in [1.29, 1.82) is 0 Å². The maximum absolute atomic E-state index is 13.5. The zero-order valence-corrected chi connectivity index (χ0v) is 24.1. The van der Waals surface area contributed by atoms with Gasteiger partial charge >= 0.3 is 6.03 Å². The van der Waals surface area contributed by atoms with Crippen molar-refractivity contribution in [3.63, 3.8) is 0 Å². The van der Waals surface area contributed by atoms with Crippen LogP contribution in [0.25, 0.3) is 0 Å². The lowest BCUT2D eigenvalue weighted by atomic mass is 10.1. The number of nitrogens with one attached hydrogen (secondary N) is 1. The van der Waals surface area contributed by atoms with E-state index in [4.69, 9.17) is 4.74 Å². The highest BCUT2D eigenvalue weighted by Gasteiger charge is 2.24. The maximum Gasteiger partial charge on any atom is 0.318 e. The van der Waals surface area contributed by atoms with E-state index in [1.807, 2.05) is 50.8 Å². The number of aromatic nitrogens is 1. The number of rotatable bonds is 14. The number of amides is 3. The van der Waals surface area contributed by atoms with Crippen LogP contribution in [0.1, 0.15) is 65.1 Å². The molecule has 1 heterocycles. The highest BCUT2D eigenvalue weighted by Crippen LogP contribution is 2.15. The zero-order chi connectivity index (χ0) is 26.6. The van der Waals surface area contributed by atoms with Crippen LogP contribution in [0.15, 0.2) is 47.1 Å². The Kier molecular flexibility index (Phi) is 12.5. The monoisotopic (exact) mass is 562 g/mol. The third-order valence-electron chi connectivity index (χ3n) is 5.69. The van der Waals surface area contributed by atoms with Crippen LogP contribution in [-0.2, 0) is 22.6 Å². The number of carbonyl (C=O) groups is 2. The average molecular weight is 564 g/mol. The van der Waals surface area contributed by atoms with Crippen molar-refractivity contribution in [3.8, 4) is 0 Å². The number of carbonyl (C=O) groups excluding carboxylic acids is 2. The Morgan fingerprint density at radius 1 is 1.03 bits per heavy atom. The lowest BCUT2D eigenvalue weighted by Gasteiger charge is -2.31. The van der Waals surface area contributed by atoms with E-state index in [1.54, 1.807) is 4.90 Å². The van der Waals surface area contributed by atoms with Gasteiger partial charge in [0.05, 0.1) is 6.54 Å². The van der Waals surface area contributed by atoms with E-state index >= 15 is 0 Å². The van der Waals surface area contributed by atoms with Crippen molar-refractivity contribution < 1.29 is 14.3 Å². The number of nitrogens with zero attached hydrogens (tertiary/aromatic N) is 3. The standard InChI is InChI=1S/C28H43BrN4O3/c1-6-8-16-32(21-25-11-9-17-31(25)20-23-12-14-24(29)15-13-23)26(34)22-33(18-10-19-36-7-2)27(35)30-28(3,4)5/h9,11-15,17H,6-8,10,16,18-22H2,1-5H3,(H,30,35). The van der Waals surface area contributed by atoms with E-state index in [0.29, 0.717) is 39.3 Å². The minimum absolute atomic E-state index is 0.0414. The van der Waals surface area contributed by atoms with Gasteiger partial charge in [0.25, 0.3) is 0 Å². The second-order valence-electron chi connectivity index (χ2n) is 10.1. The molecule has 8 heteroatoms. The van der Waals surface area contributed by atoms with Gasteiger partial charge in [0.2, 0.25) is 5.91 Å². The fourth-order valence-corrected chi connectivity index (χ4v) is 4.05. The van der Waals surface area contributed by atoms with Gasteiger partial charge in [-0.05, 0) is 70.4 Å². The van der Waals surface area contributed by atoms with E-state index < -0.39 is 0 Å². The van der Waals surface area contributed by atoms with Crippen LogP contribution in [0.4, 0.5) is 4.79 Å². The van der Waals surface area contributed by atoms with Gasteiger partial charge in [-0.1, -0.05) is 41.4 Å². The first-order valence-corrected chi connectivity index (χ1v) is 13.7. The molecule has 0 saturated heterocycles. The number of unbranched alkanes of at least 4 members (excludes halogenated alkanes) is 1. The van der Waals surface area contributed by atoms with Crippen molar-refractivity contribution >= 4 is 27.9 Å². The number of halogens is 1. The Balaban J connectivity index is 2.14. The van der Waals surface area contributed by atoms with Crippen molar-refractivity contribution in [3.05, 3.63) is 58.3 Å². The lowest BCUT2D eigenvalue weighted by molar-refractivity contribution is -0.132. The third-order valence-corrected chi connectivity index (χ3v) is 6.22. The van der Waals surface area contributed by atoms with Crippen molar-refractivity contribution in [1.82, 2.24) is 19.7 Å². The fraction of sp³-hybridized carbons (Fsp3) is 0.571. The summed E-state index contributed by atoms with van der Waals surface area (Å²) in [6.07, 6.45) is 4.64. The van der Waals surface area contributed by atoms with Gasteiger partial charge in [0, 0.05) is 54.8 Å². The fourth-order valence-electron chi connectivity index (χ4n) is 3.79. The van der Waals surface area contributed by atoms with Gasteiger partial charge in [-0.3, -0.25) is 4.79 Å². The van der Waals surface area contributed by atoms with E-state index in [1.165, 1.54) is 5.56 Å². The van der Waals surface area contributed by atoms with Crippen LogP contribution in [0.2, 0.25) is 0 Å². The van der Waals surface area contributed by atoms with Gasteiger partial charge in [-0.25, -0.2) is 4.79 Å². The van der Waals surface area contributed by atoms with Gasteiger partial charge in [0.15, 0.2) is 0 Å². The smallest absolute Gasteiger partial charge is 0.318 e. The molecule has 200 valence electrons. The molecule has 0 atom stereocenters. The van der Waals surface area contributed by atoms with Crippen LogP contribution in [-0.4, -0.2) is 64.7 Å². The van der Waals surface area contributed by atoms with Gasteiger partial charge in [0.1, 0.15) is 6.54 Å². The third kappa shape index (κ3) is 10.7. The van der Waals surface area contributed by atoms with E-state index in [2.05, 4.69) is 57.1 Å². The molecule has 0 aliphatic carbocycles. The van der Waals surface area contributed by atoms with E-state index in [-0.39, 0.29) is 24.0 Å². The molecule has 2 rings (SSSR count). The summed E-state index contributed by atoms with van der Waals surface area (Å²) in [7, 11) is 0. The van der Waals surface area contributed by atoms with Crippen molar-refractivity contribution in [2.75, 3.05) is 32.8 Å². The molecule has 0 bridgehead atoms. The van der Waals surface area contributed by atoms with Crippen molar-refractivity contribution in [2.45, 2.75) is 72.5 Å². The molecule has 0 aliphatic heterocycles. The molecule has 0 fully saturated rings. The first kappa shape index (κ1) is 29.9. The molecule has 0 aliphatic rings. The molecular formula is C28H43BrN4O3. The normalized spacial score (nSPS) is 11.4. The second-order valence-corrected chi connectivity index (χ2v) is 11.0. The minimum Gasteiger partial charge on any atom is -0.382 e. The van der Waals surface area contributed by atoms with Gasteiger partial charge < -0.3 is 24.4 Å². The molecule has 7 nitrogen and oxygen atoms in total. The van der Waals surface area contributed by atoms with Crippen LogP contribution < -0.4 is 5.32 Å². The topological polar surface area (TPSA) is 66.8 Å². The lowest BCUT2D eigenvalue weighted by Crippen LogP contribution is -2.52. The molecule has 1 N–H and O–H groups in total. The Morgan fingerprint density at radius 2 is 1.72 bits per heavy atom. The summed E-state index contributed by atoms with van der Waals surface area (Å²) in [5, 5.41) is 3.00. The van der Waals surface area contributed by atoms with Crippen molar-refractivity contribution in [2.24, 2.45) is 0 Å². The summed E-state index contributed by atoms with van der Waals surface area (Å²) >= 11 is 3.49. The predicted octanol–water partition coefficient (Wildman–Crippen LogP) is 5.66. The molecule has 36 heavy (non-hydrogen) atoms. The molecule has 1 aromatic heterocycles. The SMILES string of the molecule is CCCCN(Cc1cccn1Cc1ccc(Br)cc1)C(=O)CN(CCCOCC)C(=O)NC(C)(C)C. The highest BCUT2D eigenvalue weighted by molar-refractivity contribution is 9.10. The van der Waals surface area contributed by atoms with Gasteiger partial charge in [-0.15, -0.1) is 0 Å². The Morgan fingerprint density at radius 3 is 2.36 bits per heavy atom. The number of ether oxygens (including phenoxy) is 1. The number of hydrogen-bond donors (Lipinski definition) is 1. The number of urea groups is 1. The zero-order valence-electron chi connectivity index (χ0n) is 22.6. The highest BCUT2D eigenvalue weighted by atomic mass is 79.9. The Labute approximate surface area is 225 Å². The molecular weight excluding hydrogens is 520 g/mol. The Bertz CT molecular complexity index is 937. The van der Waals surface area contributed by atoms with E-state index in [0.717, 1.165) is 29.6 Å². The summed E-state index contributed by atoms with van der Waals surface area (Å²) < 4.78 is 8.68. The summed E-state index contributed by atoms with van der Waals surface area (Å²) in [6, 6.07) is 12.1. The molecule has 0 saturated carbocycles. The van der Waals surface area contributed by atoms with Gasteiger partial charge in [-0.2, -0.15) is 0 Å². The largest absolute Gasteiger partial charge is 0.382 e. The first-order chi connectivity index (χ1) is 17.1. The van der Waals surface area contributed by atoms with E-state index in [9.17, 15) is 9.59 Å². The van der Waals surface area contributed by atoms with Crippen LogP contribution >= 0.6 is 15.9 Å².